The molecule has 0 heterocycles. The summed E-state index contributed by atoms with van der Waals surface area (Å²) in [6.07, 6.45) is 12.8. The van der Waals surface area contributed by atoms with E-state index < -0.39 is 0 Å². The van der Waals surface area contributed by atoms with E-state index in [4.69, 9.17) is 0 Å². The first-order valence-electron chi connectivity index (χ1n) is 9.67. The van der Waals surface area contributed by atoms with E-state index in [0.717, 1.165) is 11.8 Å². The zero-order chi connectivity index (χ0) is 17.2. The van der Waals surface area contributed by atoms with Crippen LogP contribution in [-0.2, 0) is 0 Å². The zero-order valence-corrected chi connectivity index (χ0v) is 16.6. The predicted octanol–water partition coefficient (Wildman–Crippen LogP) is 7.95. The summed E-state index contributed by atoms with van der Waals surface area (Å²) in [5.41, 5.74) is 3.04. The predicted molar refractivity (Wildman–Crippen MR) is 103 cm³/mol. The summed E-state index contributed by atoms with van der Waals surface area (Å²) >= 11 is 0. The van der Waals surface area contributed by atoms with Gasteiger partial charge in [-0.05, 0) is 49.0 Å². The zero-order valence-electron chi connectivity index (χ0n) is 16.6. The molecule has 0 radical (unpaired) electrons. The van der Waals surface area contributed by atoms with Crippen LogP contribution in [0.4, 0.5) is 0 Å². The molecule has 22 heavy (non-hydrogen) atoms. The molecule has 0 rings (SSSR count). The maximum atomic E-state index is 4.46. The van der Waals surface area contributed by atoms with Crippen molar-refractivity contribution in [1.82, 2.24) is 0 Å². The summed E-state index contributed by atoms with van der Waals surface area (Å²) in [4.78, 5) is 0. The maximum absolute atomic E-state index is 4.46. The first kappa shape index (κ1) is 21.5. The van der Waals surface area contributed by atoms with Crippen molar-refractivity contribution in [3.05, 3.63) is 23.8 Å². The van der Waals surface area contributed by atoms with Gasteiger partial charge in [-0.15, -0.1) is 0 Å². The van der Waals surface area contributed by atoms with Crippen LogP contribution >= 0.6 is 0 Å². The van der Waals surface area contributed by atoms with Gasteiger partial charge in [0.15, 0.2) is 0 Å². The van der Waals surface area contributed by atoms with E-state index in [0.29, 0.717) is 0 Å². The number of allylic oxidation sites excluding steroid dienone is 3. The highest BCUT2D eigenvalue weighted by Gasteiger charge is 2.33. The van der Waals surface area contributed by atoms with Crippen molar-refractivity contribution in [3.8, 4) is 0 Å². The molecule has 0 aliphatic rings. The Balaban J connectivity index is 5.02. The molecule has 0 heteroatoms. The Bertz CT molecular complexity index is 332. The summed E-state index contributed by atoms with van der Waals surface area (Å²) in [6.45, 7) is 20.9. The normalized spacial score (nSPS) is 15.7. The molecule has 0 aromatic heterocycles. The topological polar surface area (TPSA) is 0 Å². The van der Waals surface area contributed by atoms with Gasteiger partial charge in [0, 0.05) is 0 Å². The Morgan fingerprint density at radius 3 is 2.14 bits per heavy atom. The van der Waals surface area contributed by atoms with Crippen LogP contribution in [0.1, 0.15) is 99.8 Å². The van der Waals surface area contributed by atoms with Crippen LogP contribution in [0, 0.1) is 17.3 Å². The van der Waals surface area contributed by atoms with Crippen LogP contribution < -0.4 is 0 Å². The Morgan fingerprint density at radius 1 is 1.05 bits per heavy atom. The molecule has 0 aromatic carbocycles. The van der Waals surface area contributed by atoms with Gasteiger partial charge in [-0.1, -0.05) is 91.9 Å². The molecule has 2 atom stereocenters. The molecule has 0 amide bonds. The minimum atomic E-state index is 0.205. The van der Waals surface area contributed by atoms with Gasteiger partial charge in [0.2, 0.25) is 0 Å². The second-order valence-corrected chi connectivity index (χ2v) is 7.83. The molecular weight excluding hydrogens is 264 g/mol. The fraction of sp³-hybridized carbons (Fsp3) is 0.818. The second-order valence-electron chi connectivity index (χ2n) is 7.83. The van der Waals surface area contributed by atoms with Crippen molar-refractivity contribution in [3.63, 3.8) is 0 Å². The Kier molecular flexibility index (Phi) is 10.8. The molecule has 0 nitrogen and oxygen atoms in total. The average Bonchev–Trinajstić information content (AvgIpc) is 2.48. The Morgan fingerprint density at radius 2 is 1.64 bits per heavy atom. The summed E-state index contributed by atoms with van der Waals surface area (Å²) in [6, 6.07) is 0. The number of unbranched alkanes of at least 4 members (excludes halogenated alkanes) is 3. The van der Waals surface area contributed by atoms with Crippen molar-refractivity contribution < 1.29 is 0 Å². The Labute approximate surface area is 141 Å². The number of hydrogen-bond donors (Lipinski definition) is 0. The van der Waals surface area contributed by atoms with E-state index in [9.17, 15) is 0 Å². The highest BCUT2D eigenvalue weighted by Crippen LogP contribution is 2.43. The average molecular weight is 307 g/mol. The molecule has 130 valence electrons. The van der Waals surface area contributed by atoms with Crippen LogP contribution in [0.5, 0.6) is 0 Å². The third kappa shape index (κ3) is 7.16. The molecule has 0 fully saturated rings. The molecular formula is C22H42. The summed E-state index contributed by atoms with van der Waals surface area (Å²) in [7, 11) is 0. The van der Waals surface area contributed by atoms with Gasteiger partial charge in [0.1, 0.15) is 0 Å². The van der Waals surface area contributed by atoms with Crippen LogP contribution in [0.25, 0.3) is 0 Å². The molecule has 0 bridgehead atoms. The van der Waals surface area contributed by atoms with E-state index in [2.05, 4.69) is 61.1 Å². The lowest BCUT2D eigenvalue weighted by molar-refractivity contribution is 0.168. The second kappa shape index (κ2) is 11.1. The molecule has 0 aliphatic carbocycles. The minimum absolute atomic E-state index is 0.205. The SMILES string of the molecule is C=C(C=C(C)CCCC)C(C)(C)C(CCCCC)C(C)CC. The fourth-order valence-corrected chi connectivity index (χ4v) is 3.50. The quantitative estimate of drug-likeness (QED) is 0.253. The first-order valence-corrected chi connectivity index (χ1v) is 9.67. The van der Waals surface area contributed by atoms with Gasteiger partial charge in [0.05, 0.1) is 0 Å². The van der Waals surface area contributed by atoms with Gasteiger partial charge in [0.25, 0.3) is 0 Å². The van der Waals surface area contributed by atoms with E-state index in [1.807, 2.05) is 0 Å². The van der Waals surface area contributed by atoms with Crippen LogP contribution in [0.15, 0.2) is 23.8 Å². The van der Waals surface area contributed by atoms with E-state index in [1.165, 1.54) is 62.5 Å². The summed E-state index contributed by atoms with van der Waals surface area (Å²) in [5.74, 6) is 1.51. The third-order valence-electron chi connectivity index (χ3n) is 5.55. The Hall–Kier alpha value is -0.520. The molecule has 0 N–H and O–H groups in total. The smallest absolute Gasteiger partial charge is 0.00786 e. The highest BCUT2D eigenvalue weighted by atomic mass is 14.4. The standard InChI is InChI=1S/C22H42/c1-9-12-14-16-21(19(5)11-3)22(7,8)20(6)17-18(4)15-13-10-2/h17,19,21H,6,9-16H2,1-5,7-8H3. The van der Waals surface area contributed by atoms with Gasteiger partial charge in [-0.3, -0.25) is 0 Å². The van der Waals surface area contributed by atoms with Gasteiger partial charge >= 0.3 is 0 Å². The summed E-state index contributed by atoms with van der Waals surface area (Å²) < 4.78 is 0. The van der Waals surface area contributed by atoms with E-state index in [1.54, 1.807) is 0 Å². The molecule has 0 saturated carbocycles. The van der Waals surface area contributed by atoms with Crippen LogP contribution in [0.2, 0.25) is 0 Å². The maximum Gasteiger partial charge on any atom is -0.00786 e. The van der Waals surface area contributed by atoms with Gasteiger partial charge in [-0.2, -0.15) is 0 Å². The lowest BCUT2D eigenvalue weighted by Gasteiger charge is -2.39. The van der Waals surface area contributed by atoms with E-state index >= 15 is 0 Å². The monoisotopic (exact) mass is 306 g/mol. The number of rotatable bonds is 12. The van der Waals surface area contributed by atoms with Gasteiger partial charge < -0.3 is 0 Å². The van der Waals surface area contributed by atoms with E-state index in [-0.39, 0.29) is 5.41 Å². The first-order chi connectivity index (χ1) is 10.3. The fourth-order valence-electron chi connectivity index (χ4n) is 3.50. The molecule has 0 aliphatic heterocycles. The summed E-state index contributed by atoms with van der Waals surface area (Å²) in [5, 5.41) is 0. The largest absolute Gasteiger partial charge is 0.0953 e. The third-order valence-corrected chi connectivity index (χ3v) is 5.55. The van der Waals surface area contributed by atoms with Crippen molar-refractivity contribution >= 4 is 0 Å². The number of hydrogen-bond acceptors (Lipinski definition) is 0. The van der Waals surface area contributed by atoms with Crippen molar-refractivity contribution in [2.45, 2.75) is 99.8 Å². The van der Waals surface area contributed by atoms with Crippen molar-refractivity contribution in [2.24, 2.45) is 17.3 Å². The highest BCUT2D eigenvalue weighted by molar-refractivity contribution is 5.26. The van der Waals surface area contributed by atoms with Crippen molar-refractivity contribution in [2.75, 3.05) is 0 Å². The van der Waals surface area contributed by atoms with Crippen molar-refractivity contribution in [1.29, 1.82) is 0 Å². The lowest BCUT2D eigenvalue weighted by Crippen LogP contribution is -2.30. The van der Waals surface area contributed by atoms with Gasteiger partial charge in [-0.25, -0.2) is 0 Å². The molecule has 0 spiro atoms. The molecule has 2 unspecified atom stereocenters. The molecule has 0 aromatic rings. The van der Waals surface area contributed by atoms with Crippen LogP contribution in [0.3, 0.4) is 0 Å². The van der Waals surface area contributed by atoms with Crippen LogP contribution in [-0.4, -0.2) is 0 Å². The lowest BCUT2D eigenvalue weighted by atomic mass is 9.65. The molecule has 0 saturated heterocycles. The minimum Gasteiger partial charge on any atom is -0.0953 e.